The van der Waals surface area contributed by atoms with Crippen LogP contribution in [-0.2, 0) is 6.54 Å². The fourth-order valence-corrected chi connectivity index (χ4v) is 8.12. The molecule has 0 bridgehead atoms. The lowest BCUT2D eigenvalue weighted by atomic mass is 9.12. The molecule has 1 N–H and O–H groups in total. The molecule has 74 heavy (non-hydrogen) atoms. The molecule has 0 spiro atoms. The number of hydrogen-bond donors (Lipinski definition) is 1. The van der Waals surface area contributed by atoms with Crippen LogP contribution in [0.1, 0.15) is 26.4 Å². The van der Waals surface area contributed by atoms with Gasteiger partial charge in [-0.05, 0) is 29.7 Å². The number of carboxylic acids is 1. The van der Waals surface area contributed by atoms with Crippen LogP contribution in [0.2, 0.25) is 0 Å². The number of esters is 1. The van der Waals surface area contributed by atoms with E-state index in [4.69, 9.17) is 9.84 Å². The van der Waals surface area contributed by atoms with Crippen LogP contribution in [0.4, 0.5) is 87.8 Å². The van der Waals surface area contributed by atoms with E-state index in [1.165, 1.54) is 12.1 Å². The van der Waals surface area contributed by atoms with E-state index in [1.807, 2.05) is 71.4 Å². The zero-order valence-corrected chi connectivity index (χ0v) is 35.6. The molecule has 8 rings (SSSR count). The number of fused-ring (bicyclic) bond motifs is 1. The number of hydrogen-bond acceptors (Lipinski definition) is 3. The molecule has 1 aromatic heterocycles. The molecule has 0 aliphatic rings. The van der Waals surface area contributed by atoms with Crippen LogP contribution in [0.5, 0.6) is 5.75 Å². The van der Waals surface area contributed by atoms with Crippen LogP contribution in [0, 0.1) is 116 Å². The Morgan fingerprint density at radius 1 is 0.419 bits per heavy atom. The topological polar surface area (TPSA) is 67.5 Å². The van der Waals surface area contributed by atoms with Crippen LogP contribution in [-0.4, -0.2) is 23.2 Å². The van der Waals surface area contributed by atoms with Crippen molar-refractivity contribution < 1.29 is 112 Å². The summed E-state index contributed by atoms with van der Waals surface area (Å²) in [4.78, 5) is 24.3. The van der Waals surface area contributed by atoms with Crippen molar-refractivity contribution in [3.63, 3.8) is 0 Å². The number of halogens is 20. The minimum absolute atomic E-state index is 0.0605. The van der Waals surface area contributed by atoms with Crippen molar-refractivity contribution in [2.24, 2.45) is 0 Å². The summed E-state index contributed by atoms with van der Waals surface area (Å²) in [6.45, 7) is 0.505. The summed E-state index contributed by atoms with van der Waals surface area (Å²) in [5.74, 6) is -72.8. The highest BCUT2D eigenvalue weighted by Gasteiger charge is 2.52. The number of aromatic carboxylic acids is 1. The summed E-state index contributed by atoms with van der Waals surface area (Å²) in [6.07, 6.45) is -5.36. The number of pyridine rings is 1. The molecule has 5 nitrogen and oxygen atoms in total. The minimum atomic E-state index is -7.22. The predicted octanol–water partition coefficient (Wildman–Crippen LogP) is 9.94. The van der Waals surface area contributed by atoms with E-state index in [0.29, 0.717) is 12.2 Å². The standard InChI is InChI=1S/C24BF20.C24H17NO4/c26-5-1(6(27)14(35)21(42)13(5)34)25(2-7(28)15(36)22(43)16(37)8(2)29,3-9(30)17(38)23(44)18(39)10(3)31)4-11(32)19(40)24(45)20(41)12(4)33;26-23(27)19-10-6-11-20(15-19)29-24(28)22-21-12-5-4-9-18(21)13-14-25(22)16-17-7-2-1-3-8-17/h;1-15H,16H2/q-1;/p+1. The van der Waals surface area contributed by atoms with Crippen molar-refractivity contribution in [2.75, 3.05) is 0 Å². The molecule has 0 saturated carbocycles. The zero-order valence-electron chi connectivity index (χ0n) is 35.6. The number of benzene rings is 7. The summed E-state index contributed by atoms with van der Waals surface area (Å²) in [5, 5.41) is 10.9. The van der Waals surface area contributed by atoms with E-state index in [-0.39, 0.29) is 11.3 Å². The first-order chi connectivity index (χ1) is 34.8. The highest BCUT2D eigenvalue weighted by atomic mass is 19.2. The molecule has 382 valence electrons. The smallest absolute Gasteiger partial charge is 0.409 e. The molecule has 0 aliphatic heterocycles. The Hall–Kier alpha value is -8.45. The van der Waals surface area contributed by atoms with Crippen molar-refractivity contribution in [3.05, 3.63) is 224 Å². The van der Waals surface area contributed by atoms with Gasteiger partial charge in [-0.3, -0.25) is 0 Å². The third-order valence-electron chi connectivity index (χ3n) is 11.3. The first-order valence-corrected chi connectivity index (χ1v) is 20.1. The summed E-state index contributed by atoms with van der Waals surface area (Å²) in [6, 6.07) is 25.3. The highest BCUT2D eigenvalue weighted by Crippen LogP contribution is 2.31. The van der Waals surface area contributed by atoms with E-state index in [9.17, 15) is 62.3 Å². The molecule has 0 atom stereocenters. The number of carbonyl (C=O) groups excluding carboxylic acids is 1. The van der Waals surface area contributed by atoms with Gasteiger partial charge >= 0.3 is 11.9 Å². The Morgan fingerprint density at radius 2 is 0.770 bits per heavy atom. The number of carboxylic acid groups (broad SMARTS) is 1. The molecular formula is C48H18BF20NO4. The Bertz CT molecular complexity index is 3260. The molecule has 0 aliphatic carbocycles. The van der Waals surface area contributed by atoms with Gasteiger partial charge in [0.2, 0.25) is 0 Å². The van der Waals surface area contributed by atoms with Gasteiger partial charge in [-0.25, -0.2) is 97.4 Å². The fraction of sp³-hybridized carbons (Fsp3) is 0.0208. The predicted molar refractivity (Wildman–Crippen MR) is 217 cm³/mol. The molecule has 0 unspecified atom stereocenters. The highest BCUT2D eigenvalue weighted by molar-refractivity contribution is 7.20. The number of ether oxygens (including phenoxy) is 1. The average Bonchev–Trinajstić information content (AvgIpc) is 3.39. The second-order valence-electron chi connectivity index (χ2n) is 15.4. The lowest BCUT2D eigenvalue weighted by Crippen LogP contribution is -2.81. The van der Waals surface area contributed by atoms with E-state index in [0.717, 1.165) is 16.3 Å². The van der Waals surface area contributed by atoms with Gasteiger partial charge in [0, 0.05) is 11.6 Å². The maximum Gasteiger partial charge on any atom is 0.409 e. The van der Waals surface area contributed by atoms with Crippen LogP contribution in [0.15, 0.2) is 91.1 Å². The summed E-state index contributed by atoms with van der Waals surface area (Å²) in [5.41, 5.74) is -12.8. The maximum absolute atomic E-state index is 15.4. The van der Waals surface area contributed by atoms with E-state index >= 15 is 35.1 Å². The zero-order chi connectivity index (χ0) is 54.6. The Balaban J connectivity index is 0.000000237. The molecular weight excluding hydrogens is 1050 g/mol. The molecule has 0 amide bonds. The van der Waals surface area contributed by atoms with Crippen molar-refractivity contribution >= 4 is 50.7 Å². The average molecular weight is 1060 g/mol. The summed E-state index contributed by atoms with van der Waals surface area (Å²) in [7, 11) is 0. The number of rotatable bonds is 9. The molecule has 8 aromatic rings. The molecule has 0 saturated heterocycles. The molecule has 0 radical (unpaired) electrons. The third kappa shape index (κ3) is 8.65. The number of carbonyl (C=O) groups is 2. The Morgan fingerprint density at radius 3 is 1.15 bits per heavy atom. The van der Waals surface area contributed by atoms with Gasteiger partial charge < -0.3 is 9.84 Å². The second-order valence-corrected chi connectivity index (χ2v) is 15.4. The number of nitrogens with zero attached hydrogens (tertiary/aromatic N) is 1. The van der Waals surface area contributed by atoms with Gasteiger partial charge in [-0.15, -0.1) is 21.9 Å². The Kier molecular flexibility index (Phi) is 14.6. The summed E-state index contributed by atoms with van der Waals surface area (Å²) < 4.78 is 301. The van der Waals surface area contributed by atoms with Gasteiger partial charge in [0.15, 0.2) is 82.5 Å². The lowest BCUT2D eigenvalue weighted by Gasteiger charge is -2.44. The van der Waals surface area contributed by atoms with Crippen LogP contribution >= 0.6 is 0 Å². The molecule has 7 aromatic carbocycles. The largest absolute Gasteiger partial charge is 0.478 e. The first kappa shape index (κ1) is 53.4. The van der Waals surface area contributed by atoms with E-state index < -0.39 is 156 Å². The second kappa shape index (κ2) is 20.2. The SMILES string of the molecule is Fc1c(F)c(F)c([B-](c2c(F)c(F)c(F)c(F)c2F)(c2c(F)c(F)c(F)c(F)c2F)c2c(F)c(F)c(F)c(F)c2F)c(F)c1F.O=C(O)c1cccc(OC(=O)c2c3ccccc3cc[n+]2Cc2ccccc2)c1. The van der Waals surface area contributed by atoms with Crippen molar-refractivity contribution in [2.45, 2.75) is 6.54 Å². The van der Waals surface area contributed by atoms with E-state index in [1.54, 1.807) is 12.1 Å². The first-order valence-electron chi connectivity index (χ1n) is 20.1. The van der Waals surface area contributed by atoms with Gasteiger partial charge in [0.25, 0.3) is 5.69 Å². The summed E-state index contributed by atoms with van der Waals surface area (Å²) >= 11 is 0. The normalized spacial score (nSPS) is 11.5. The lowest BCUT2D eigenvalue weighted by molar-refractivity contribution is -0.689. The fourth-order valence-electron chi connectivity index (χ4n) is 8.12. The molecule has 1 heterocycles. The van der Waals surface area contributed by atoms with Crippen LogP contribution in [0.3, 0.4) is 0 Å². The maximum atomic E-state index is 15.4. The Labute approximate surface area is 398 Å². The minimum Gasteiger partial charge on any atom is -0.478 e. The van der Waals surface area contributed by atoms with Gasteiger partial charge in [0.05, 0.1) is 10.9 Å². The molecule has 0 fully saturated rings. The van der Waals surface area contributed by atoms with Crippen molar-refractivity contribution in [1.82, 2.24) is 0 Å². The van der Waals surface area contributed by atoms with Crippen molar-refractivity contribution in [1.29, 1.82) is 0 Å². The van der Waals surface area contributed by atoms with Gasteiger partial charge in [0.1, 0.15) is 58.4 Å². The van der Waals surface area contributed by atoms with Gasteiger partial charge in [-0.1, -0.05) is 54.6 Å². The quantitative estimate of drug-likeness (QED) is 0.0298. The van der Waals surface area contributed by atoms with Crippen LogP contribution < -0.4 is 31.2 Å². The third-order valence-corrected chi connectivity index (χ3v) is 11.3. The van der Waals surface area contributed by atoms with Crippen molar-refractivity contribution in [3.8, 4) is 5.75 Å². The van der Waals surface area contributed by atoms with E-state index in [2.05, 4.69) is 0 Å². The van der Waals surface area contributed by atoms with Gasteiger partial charge in [-0.2, -0.15) is 4.57 Å². The monoisotopic (exact) mass is 1060 g/mol. The van der Waals surface area contributed by atoms with Crippen LogP contribution in [0.25, 0.3) is 10.8 Å². The molecule has 26 heteroatoms. The number of aromatic nitrogens is 1.